The van der Waals surface area contributed by atoms with Crippen LogP contribution in [0.4, 0.5) is 0 Å². The molecule has 0 bridgehead atoms. The Morgan fingerprint density at radius 3 is 2.58 bits per heavy atom. The first-order valence-corrected chi connectivity index (χ1v) is 3.26. The zero-order chi connectivity index (χ0) is 9.56. The van der Waals surface area contributed by atoms with Gasteiger partial charge in [0.1, 0.15) is 12.3 Å². The van der Waals surface area contributed by atoms with Crippen molar-refractivity contribution in [2.24, 2.45) is 5.73 Å². The number of hydrogen-bond acceptors (Lipinski definition) is 4. The highest BCUT2D eigenvalue weighted by Gasteiger charge is 2.15. The number of aliphatic carboxylic acids is 1. The second-order valence-corrected chi connectivity index (χ2v) is 2.12. The summed E-state index contributed by atoms with van der Waals surface area (Å²) >= 11 is 0. The Bertz CT molecular complexity index is 192. The maximum atomic E-state index is 10.7. The summed E-state index contributed by atoms with van der Waals surface area (Å²) < 4.78 is 0. The molecule has 0 aromatic carbocycles. The molecule has 68 valence electrons. The van der Waals surface area contributed by atoms with E-state index in [4.69, 9.17) is 10.8 Å². The summed E-state index contributed by atoms with van der Waals surface area (Å²) in [6.45, 7) is -0.120. The Balaban J connectivity index is 3.68. The molecule has 0 saturated carbocycles. The summed E-state index contributed by atoms with van der Waals surface area (Å²) in [5.41, 5.74) is 5.04. The van der Waals surface area contributed by atoms with Gasteiger partial charge in [0.25, 0.3) is 0 Å². The molecule has 0 rings (SSSR count). The van der Waals surface area contributed by atoms with Crippen molar-refractivity contribution in [3.05, 3.63) is 0 Å². The van der Waals surface area contributed by atoms with E-state index in [0.29, 0.717) is 6.29 Å². The number of aldehydes is 1. The minimum absolute atomic E-state index is 0.120. The first-order valence-electron chi connectivity index (χ1n) is 3.26. The zero-order valence-corrected chi connectivity index (χ0v) is 6.32. The number of carbonyl (C=O) groups is 3. The number of rotatable bonds is 5. The number of carboxylic acids is 1. The van der Waals surface area contributed by atoms with Crippen LogP contribution in [0.5, 0.6) is 0 Å². The van der Waals surface area contributed by atoms with Crippen LogP contribution in [0.2, 0.25) is 0 Å². The zero-order valence-electron chi connectivity index (χ0n) is 6.32. The third-order valence-corrected chi connectivity index (χ3v) is 1.11. The van der Waals surface area contributed by atoms with E-state index in [-0.39, 0.29) is 13.0 Å². The number of amides is 1. The Labute approximate surface area is 68.7 Å². The molecule has 0 heterocycles. The standard InChI is InChI=1S/C6H10N2O4/c7-4(6(11)12)3-5(10)8-1-2-9/h2,4H,1,3,7H2,(H,8,10)(H,11,12). The van der Waals surface area contributed by atoms with E-state index in [1.165, 1.54) is 0 Å². The van der Waals surface area contributed by atoms with Gasteiger partial charge in [0, 0.05) is 0 Å². The average Bonchev–Trinajstić information content (AvgIpc) is 2.00. The Morgan fingerprint density at radius 2 is 2.17 bits per heavy atom. The van der Waals surface area contributed by atoms with E-state index in [0.717, 1.165) is 0 Å². The predicted octanol–water partition coefficient (Wildman–Crippen LogP) is -1.90. The molecule has 1 unspecified atom stereocenters. The Hall–Kier alpha value is -1.43. The van der Waals surface area contributed by atoms with Crippen LogP contribution in [-0.4, -0.2) is 35.9 Å². The van der Waals surface area contributed by atoms with Gasteiger partial charge in [0.05, 0.1) is 13.0 Å². The largest absolute Gasteiger partial charge is 0.480 e. The SMILES string of the molecule is NC(CC(=O)NCC=O)C(=O)O. The Morgan fingerprint density at radius 1 is 1.58 bits per heavy atom. The van der Waals surface area contributed by atoms with Crippen molar-refractivity contribution in [2.45, 2.75) is 12.5 Å². The van der Waals surface area contributed by atoms with Crippen LogP contribution in [0.3, 0.4) is 0 Å². The fourth-order valence-electron chi connectivity index (χ4n) is 0.515. The molecule has 6 nitrogen and oxygen atoms in total. The molecule has 12 heavy (non-hydrogen) atoms. The van der Waals surface area contributed by atoms with Crippen LogP contribution < -0.4 is 11.1 Å². The maximum absolute atomic E-state index is 10.7. The lowest BCUT2D eigenvalue weighted by molar-refractivity contribution is -0.140. The van der Waals surface area contributed by atoms with Crippen LogP contribution in [0, 0.1) is 0 Å². The van der Waals surface area contributed by atoms with E-state index < -0.39 is 17.9 Å². The van der Waals surface area contributed by atoms with Crippen LogP contribution in [-0.2, 0) is 14.4 Å². The highest BCUT2D eigenvalue weighted by atomic mass is 16.4. The summed E-state index contributed by atoms with van der Waals surface area (Å²) in [7, 11) is 0. The molecule has 0 aromatic heterocycles. The molecule has 0 aliphatic rings. The summed E-state index contributed by atoms with van der Waals surface area (Å²) in [5, 5.41) is 10.4. The molecule has 0 saturated heterocycles. The molecule has 4 N–H and O–H groups in total. The van der Waals surface area contributed by atoms with Crippen molar-refractivity contribution in [3.63, 3.8) is 0 Å². The van der Waals surface area contributed by atoms with Crippen LogP contribution >= 0.6 is 0 Å². The third kappa shape index (κ3) is 4.40. The van der Waals surface area contributed by atoms with Gasteiger partial charge < -0.3 is 21.0 Å². The van der Waals surface area contributed by atoms with Gasteiger partial charge in [0.15, 0.2) is 0 Å². The first kappa shape index (κ1) is 10.6. The van der Waals surface area contributed by atoms with Crippen molar-refractivity contribution in [1.82, 2.24) is 5.32 Å². The van der Waals surface area contributed by atoms with Crippen molar-refractivity contribution in [1.29, 1.82) is 0 Å². The fraction of sp³-hybridized carbons (Fsp3) is 0.500. The highest BCUT2D eigenvalue weighted by molar-refractivity contribution is 5.85. The summed E-state index contributed by atoms with van der Waals surface area (Å²) in [5.74, 6) is -1.78. The van der Waals surface area contributed by atoms with Gasteiger partial charge in [-0.15, -0.1) is 0 Å². The van der Waals surface area contributed by atoms with Crippen LogP contribution in [0.25, 0.3) is 0 Å². The van der Waals surface area contributed by atoms with Crippen molar-refractivity contribution in [2.75, 3.05) is 6.54 Å². The molecule has 6 heteroatoms. The highest BCUT2D eigenvalue weighted by Crippen LogP contribution is 1.86. The molecule has 1 atom stereocenters. The minimum Gasteiger partial charge on any atom is -0.480 e. The quantitative estimate of drug-likeness (QED) is 0.422. The number of carboxylic acid groups (broad SMARTS) is 1. The van der Waals surface area contributed by atoms with Gasteiger partial charge in [-0.2, -0.15) is 0 Å². The molecule has 0 spiro atoms. The van der Waals surface area contributed by atoms with Gasteiger partial charge in [-0.25, -0.2) is 0 Å². The van der Waals surface area contributed by atoms with Gasteiger partial charge in [-0.1, -0.05) is 0 Å². The van der Waals surface area contributed by atoms with E-state index in [9.17, 15) is 14.4 Å². The number of carbonyl (C=O) groups excluding carboxylic acids is 2. The molecule has 0 fully saturated rings. The van der Waals surface area contributed by atoms with E-state index in [1.54, 1.807) is 0 Å². The summed E-state index contributed by atoms with van der Waals surface area (Å²) in [4.78, 5) is 30.6. The molecular weight excluding hydrogens is 164 g/mol. The number of hydrogen-bond donors (Lipinski definition) is 3. The molecule has 1 amide bonds. The predicted molar refractivity (Wildman–Crippen MR) is 39.3 cm³/mol. The van der Waals surface area contributed by atoms with E-state index >= 15 is 0 Å². The van der Waals surface area contributed by atoms with E-state index in [1.807, 2.05) is 0 Å². The van der Waals surface area contributed by atoms with Gasteiger partial charge in [0.2, 0.25) is 5.91 Å². The maximum Gasteiger partial charge on any atom is 0.321 e. The van der Waals surface area contributed by atoms with Gasteiger partial charge in [-0.3, -0.25) is 9.59 Å². The summed E-state index contributed by atoms with van der Waals surface area (Å²) in [6.07, 6.45) is 0.188. The molecule has 0 aromatic rings. The lowest BCUT2D eigenvalue weighted by Crippen LogP contribution is -2.37. The summed E-state index contributed by atoms with van der Waals surface area (Å²) in [6, 6.07) is -1.21. The second-order valence-electron chi connectivity index (χ2n) is 2.12. The second kappa shape index (κ2) is 5.25. The molecule has 0 aliphatic carbocycles. The number of nitrogens with two attached hydrogens (primary N) is 1. The number of nitrogens with one attached hydrogen (secondary N) is 1. The molecule has 0 radical (unpaired) electrons. The minimum atomic E-state index is -1.24. The van der Waals surface area contributed by atoms with Crippen molar-refractivity contribution < 1.29 is 19.5 Å². The lowest BCUT2D eigenvalue weighted by Gasteiger charge is -2.04. The topological polar surface area (TPSA) is 109 Å². The lowest BCUT2D eigenvalue weighted by atomic mass is 10.2. The first-order chi connectivity index (χ1) is 5.57. The van der Waals surface area contributed by atoms with Gasteiger partial charge >= 0.3 is 5.97 Å². The normalized spacial score (nSPS) is 11.8. The third-order valence-electron chi connectivity index (χ3n) is 1.11. The fourth-order valence-corrected chi connectivity index (χ4v) is 0.515. The van der Waals surface area contributed by atoms with Crippen LogP contribution in [0.15, 0.2) is 0 Å². The Kier molecular flexibility index (Phi) is 4.62. The van der Waals surface area contributed by atoms with Crippen molar-refractivity contribution >= 4 is 18.2 Å². The smallest absolute Gasteiger partial charge is 0.321 e. The van der Waals surface area contributed by atoms with Gasteiger partial charge in [-0.05, 0) is 0 Å². The monoisotopic (exact) mass is 174 g/mol. The molecule has 0 aliphatic heterocycles. The molecular formula is C6H10N2O4. The van der Waals surface area contributed by atoms with Crippen molar-refractivity contribution in [3.8, 4) is 0 Å². The van der Waals surface area contributed by atoms with Crippen LogP contribution in [0.1, 0.15) is 6.42 Å². The average molecular weight is 174 g/mol. The van der Waals surface area contributed by atoms with E-state index in [2.05, 4.69) is 5.32 Å².